The van der Waals surface area contributed by atoms with Gasteiger partial charge in [0.15, 0.2) is 0 Å². The molecule has 1 unspecified atom stereocenters. The highest BCUT2D eigenvalue weighted by molar-refractivity contribution is 8.00. The summed E-state index contributed by atoms with van der Waals surface area (Å²) in [6.07, 6.45) is 0. The van der Waals surface area contributed by atoms with Crippen LogP contribution in [0.15, 0.2) is 33.9 Å². The van der Waals surface area contributed by atoms with Gasteiger partial charge in [0.2, 0.25) is 11.8 Å². The van der Waals surface area contributed by atoms with Gasteiger partial charge in [-0.1, -0.05) is 18.7 Å². The van der Waals surface area contributed by atoms with Gasteiger partial charge in [-0.25, -0.2) is 0 Å². The molecule has 1 amide bonds. The second-order valence-electron chi connectivity index (χ2n) is 7.11. The lowest BCUT2D eigenvalue weighted by molar-refractivity contribution is -0.132. The largest absolute Gasteiger partial charge is 0.411 e. The fraction of sp³-hybridized carbons (Fsp3) is 0.571. The summed E-state index contributed by atoms with van der Waals surface area (Å²) in [5.41, 5.74) is 2.06. The van der Waals surface area contributed by atoms with Crippen LogP contribution in [0.1, 0.15) is 27.7 Å². The van der Waals surface area contributed by atoms with Gasteiger partial charge in [-0.2, -0.15) is 0 Å². The summed E-state index contributed by atoms with van der Waals surface area (Å²) in [5, 5.41) is 8.48. The zero-order chi connectivity index (χ0) is 20.8. The Labute approximate surface area is 177 Å². The van der Waals surface area contributed by atoms with Gasteiger partial charge in [-0.05, 0) is 51.6 Å². The van der Waals surface area contributed by atoms with Gasteiger partial charge in [-0.15, -0.1) is 10.2 Å². The van der Waals surface area contributed by atoms with Gasteiger partial charge in [-0.3, -0.25) is 4.79 Å². The molecule has 2 aromatic rings. The topological polar surface area (TPSA) is 65.7 Å². The Morgan fingerprint density at radius 3 is 2.34 bits per heavy atom. The Morgan fingerprint density at radius 2 is 1.76 bits per heavy atom. The molecule has 158 valence electrons. The van der Waals surface area contributed by atoms with E-state index in [4.69, 9.17) is 4.42 Å². The van der Waals surface area contributed by atoms with Crippen LogP contribution >= 0.6 is 11.8 Å². The van der Waals surface area contributed by atoms with E-state index in [0.717, 1.165) is 51.4 Å². The number of likely N-dealkylation sites (N-methyl/N-ethyl adjacent to an activating group) is 1. The molecular weight excluding hydrogens is 386 g/mol. The minimum absolute atomic E-state index is 0.133. The highest BCUT2D eigenvalue weighted by Crippen LogP contribution is 2.28. The summed E-state index contributed by atoms with van der Waals surface area (Å²) >= 11 is 1.33. The van der Waals surface area contributed by atoms with Gasteiger partial charge >= 0.3 is 0 Å². The lowest BCUT2D eigenvalue weighted by Crippen LogP contribution is -2.50. The minimum atomic E-state index is -0.249. The van der Waals surface area contributed by atoms with Crippen LogP contribution < -0.4 is 4.90 Å². The quantitative estimate of drug-likeness (QED) is 0.611. The normalized spacial score (nSPS) is 16.1. The number of rotatable bonds is 8. The van der Waals surface area contributed by atoms with Crippen molar-refractivity contribution in [1.82, 2.24) is 20.0 Å². The molecule has 0 spiro atoms. The summed E-state index contributed by atoms with van der Waals surface area (Å²) in [5.74, 6) is 0.615. The predicted octanol–water partition coefficient (Wildman–Crippen LogP) is 3.23. The van der Waals surface area contributed by atoms with Crippen molar-refractivity contribution in [3.8, 4) is 11.5 Å². The number of hydrogen-bond acceptors (Lipinski definition) is 7. The first kappa shape index (κ1) is 21.6. The molecule has 1 aromatic heterocycles. The van der Waals surface area contributed by atoms with E-state index in [1.165, 1.54) is 17.4 Å². The highest BCUT2D eigenvalue weighted by Gasteiger charge is 2.26. The Kier molecular flexibility index (Phi) is 7.55. The number of carbonyl (C=O) groups is 1. The van der Waals surface area contributed by atoms with Crippen molar-refractivity contribution in [3.05, 3.63) is 24.3 Å². The van der Waals surface area contributed by atoms with Crippen molar-refractivity contribution in [1.29, 1.82) is 0 Å². The van der Waals surface area contributed by atoms with E-state index in [0.29, 0.717) is 11.1 Å². The highest BCUT2D eigenvalue weighted by atomic mass is 32.2. The fourth-order valence-electron chi connectivity index (χ4n) is 3.52. The summed E-state index contributed by atoms with van der Waals surface area (Å²) < 4.78 is 5.81. The molecule has 7 nitrogen and oxygen atoms in total. The van der Waals surface area contributed by atoms with E-state index < -0.39 is 0 Å². The molecule has 0 aliphatic carbocycles. The molecule has 1 saturated heterocycles. The van der Waals surface area contributed by atoms with E-state index >= 15 is 0 Å². The fourth-order valence-corrected chi connectivity index (χ4v) is 4.29. The zero-order valence-electron chi connectivity index (χ0n) is 17.8. The van der Waals surface area contributed by atoms with E-state index in [1.54, 1.807) is 0 Å². The van der Waals surface area contributed by atoms with Crippen molar-refractivity contribution in [2.24, 2.45) is 0 Å². The Hall–Kier alpha value is -2.06. The Morgan fingerprint density at radius 1 is 1.10 bits per heavy atom. The van der Waals surface area contributed by atoms with E-state index in [9.17, 15) is 4.79 Å². The smallest absolute Gasteiger partial charge is 0.277 e. The zero-order valence-corrected chi connectivity index (χ0v) is 18.6. The van der Waals surface area contributed by atoms with Crippen molar-refractivity contribution in [2.75, 3.05) is 50.7 Å². The van der Waals surface area contributed by atoms with Gasteiger partial charge in [0.1, 0.15) is 0 Å². The summed E-state index contributed by atoms with van der Waals surface area (Å²) in [6.45, 7) is 14.8. The third-order valence-electron chi connectivity index (χ3n) is 5.41. The van der Waals surface area contributed by atoms with Crippen LogP contribution in [0.3, 0.4) is 0 Å². The van der Waals surface area contributed by atoms with Crippen LogP contribution in [0.25, 0.3) is 11.5 Å². The summed E-state index contributed by atoms with van der Waals surface area (Å²) in [4.78, 5) is 19.3. The average Bonchev–Trinajstić information content (AvgIpc) is 3.23. The second kappa shape index (κ2) is 10.1. The Balaban J connectivity index is 1.59. The molecule has 1 atom stereocenters. The lowest BCUT2D eigenvalue weighted by atomic mass is 10.2. The average molecular weight is 418 g/mol. The third-order valence-corrected chi connectivity index (χ3v) is 6.33. The van der Waals surface area contributed by atoms with Crippen LogP contribution in [0, 0.1) is 0 Å². The molecule has 0 saturated carbocycles. The van der Waals surface area contributed by atoms with Crippen LogP contribution in [-0.2, 0) is 4.79 Å². The standard InChI is InChI=1S/C21H31N5O2S/c1-5-24-12-14-26(15-13-24)20(27)16(4)29-21-23-22-19(28-21)17-8-10-18(11-9-17)25(6-2)7-3/h8-11,16H,5-7,12-15H2,1-4H3. The number of hydrogen-bond donors (Lipinski definition) is 0. The van der Waals surface area contributed by atoms with Gasteiger partial charge in [0, 0.05) is 50.5 Å². The summed E-state index contributed by atoms with van der Waals surface area (Å²) in [6, 6.07) is 8.14. The molecule has 2 heterocycles. The number of piperazine rings is 1. The summed E-state index contributed by atoms with van der Waals surface area (Å²) in [7, 11) is 0. The molecule has 0 N–H and O–H groups in total. The molecule has 0 radical (unpaired) electrons. The third kappa shape index (κ3) is 5.30. The SMILES string of the molecule is CCN1CCN(C(=O)C(C)Sc2nnc(-c3ccc(N(CC)CC)cc3)o2)CC1. The first-order valence-corrected chi connectivity index (χ1v) is 11.3. The number of carbonyl (C=O) groups excluding carboxylic acids is 1. The van der Waals surface area contributed by atoms with Crippen molar-refractivity contribution in [2.45, 2.75) is 38.2 Å². The van der Waals surface area contributed by atoms with E-state index in [1.807, 2.05) is 24.0 Å². The van der Waals surface area contributed by atoms with Crippen LogP contribution in [-0.4, -0.2) is 77.0 Å². The van der Waals surface area contributed by atoms with Crippen molar-refractivity contribution < 1.29 is 9.21 Å². The molecule has 8 heteroatoms. The van der Waals surface area contributed by atoms with Crippen molar-refractivity contribution >= 4 is 23.4 Å². The van der Waals surface area contributed by atoms with Crippen LogP contribution in [0.2, 0.25) is 0 Å². The number of nitrogens with zero attached hydrogens (tertiary/aromatic N) is 5. The first-order chi connectivity index (χ1) is 14.0. The van der Waals surface area contributed by atoms with E-state index in [2.05, 4.69) is 52.9 Å². The predicted molar refractivity (Wildman–Crippen MR) is 117 cm³/mol. The number of thioether (sulfide) groups is 1. The molecule has 1 aliphatic heterocycles. The van der Waals surface area contributed by atoms with Crippen LogP contribution in [0.4, 0.5) is 5.69 Å². The molecular formula is C21H31N5O2S. The number of aromatic nitrogens is 2. The molecule has 1 aromatic carbocycles. The first-order valence-electron chi connectivity index (χ1n) is 10.4. The monoisotopic (exact) mass is 417 g/mol. The maximum Gasteiger partial charge on any atom is 0.277 e. The number of amides is 1. The minimum Gasteiger partial charge on any atom is -0.411 e. The molecule has 0 bridgehead atoms. The maximum absolute atomic E-state index is 12.7. The van der Waals surface area contributed by atoms with E-state index in [-0.39, 0.29) is 11.2 Å². The molecule has 1 aliphatic rings. The maximum atomic E-state index is 12.7. The lowest BCUT2D eigenvalue weighted by Gasteiger charge is -2.35. The molecule has 1 fully saturated rings. The molecule has 29 heavy (non-hydrogen) atoms. The Bertz CT molecular complexity index is 783. The number of benzene rings is 1. The van der Waals surface area contributed by atoms with Gasteiger partial charge < -0.3 is 19.1 Å². The number of anilines is 1. The molecule has 3 rings (SSSR count). The van der Waals surface area contributed by atoms with Gasteiger partial charge in [0.25, 0.3) is 5.22 Å². The van der Waals surface area contributed by atoms with Crippen molar-refractivity contribution in [3.63, 3.8) is 0 Å². The van der Waals surface area contributed by atoms with Crippen LogP contribution in [0.5, 0.6) is 0 Å². The second-order valence-corrected chi connectivity index (χ2v) is 8.40. The van der Waals surface area contributed by atoms with Gasteiger partial charge in [0.05, 0.1) is 5.25 Å².